The van der Waals surface area contributed by atoms with E-state index in [1.165, 1.54) is 38.6 Å². The summed E-state index contributed by atoms with van der Waals surface area (Å²) >= 11 is 0. The molecule has 160 valence electrons. The molecule has 1 aliphatic carbocycles. The summed E-state index contributed by atoms with van der Waals surface area (Å²) < 4.78 is 0. The highest BCUT2D eigenvalue weighted by Gasteiger charge is 2.40. The molecule has 1 saturated carbocycles. The third kappa shape index (κ3) is 3.54. The Bertz CT molecular complexity index is 867. The fourth-order valence-corrected chi connectivity index (χ4v) is 5.73. The summed E-state index contributed by atoms with van der Waals surface area (Å²) in [5.74, 6) is -0.716. The zero-order valence-corrected chi connectivity index (χ0v) is 17.3. The van der Waals surface area contributed by atoms with Crippen molar-refractivity contribution in [2.45, 2.75) is 70.1 Å². The topological polar surface area (TPSA) is 90.5 Å². The molecule has 3 fully saturated rings. The van der Waals surface area contributed by atoms with Crippen LogP contribution in [0.1, 0.15) is 66.4 Å². The average Bonchev–Trinajstić information content (AvgIpc) is 3.33. The molecular formula is C23H30N4O3. The van der Waals surface area contributed by atoms with Gasteiger partial charge in [-0.05, 0) is 67.7 Å². The predicted octanol–water partition coefficient (Wildman–Crippen LogP) is 1.46. The molecule has 1 unspecified atom stereocenters. The SMILES string of the molecule is O=C1CCC(N2Cc3c(CNC4CCC5(CCNC5)CC4)cccc3C2=O)C(=O)N1. The highest BCUT2D eigenvalue weighted by atomic mass is 16.2. The van der Waals surface area contributed by atoms with Crippen LogP contribution in [-0.2, 0) is 22.7 Å². The standard InChI is InChI=1S/C23H30N4O3/c28-20-5-4-19(21(29)26-20)27-13-18-15(2-1-3-17(18)22(27)30)12-25-16-6-8-23(9-7-16)10-11-24-14-23/h1-3,16,19,24-25H,4-14H2,(H,26,28,29). The lowest BCUT2D eigenvalue weighted by molar-refractivity contribution is -0.136. The van der Waals surface area contributed by atoms with Crippen LogP contribution in [0.25, 0.3) is 0 Å². The maximum atomic E-state index is 13.0. The average molecular weight is 411 g/mol. The molecule has 1 spiro atoms. The Morgan fingerprint density at radius 3 is 2.67 bits per heavy atom. The molecule has 5 rings (SSSR count). The summed E-state index contributed by atoms with van der Waals surface area (Å²) in [6, 6.07) is 5.83. The van der Waals surface area contributed by atoms with Crippen LogP contribution in [0.3, 0.4) is 0 Å². The van der Waals surface area contributed by atoms with Crippen molar-refractivity contribution in [1.82, 2.24) is 20.9 Å². The smallest absolute Gasteiger partial charge is 0.255 e. The first-order chi connectivity index (χ1) is 14.5. The summed E-state index contributed by atoms with van der Waals surface area (Å²) in [5, 5.41) is 9.61. The molecule has 1 atom stereocenters. The van der Waals surface area contributed by atoms with E-state index in [4.69, 9.17) is 0 Å². The van der Waals surface area contributed by atoms with Gasteiger partial charge in [0, 0.05) is 37.7 Å². The van der Waals surface area contributed by atoms with E-state index in [0.29, 0.717) is 30.0 Å². The van der Waals surface area contributed by atoms with Crippen LogP contribution >= 0.6 is 0 Å². The van der Waals surface area contributed by atoms with Gasteiger partial charge >= 0.3 is 0 Å². The summed E-state index contributed by atoms with van der Waals surface area (Å²) in [6.07, 6.45) is 6.97. The van der Waals surface area contributed by atoms with Crippen LogP contribution < -0.4 is 16.0 Å². The van der Waals surface area contributed by atoms with E-state index < -0.39 is 6.04 Å². The van der Waals surface area contributed by atoms with Gasteiger partial charge < -0.3 is 15.5 Å². The van der Waals surface area contributed by atoms with Gasteiger partial charge in [0.2, 0.25) is 11.8 Å². The summed E-state index contributed by atoms with van der Waals surface area (Å²) in [5.41, 5.74) is 3.38. The summed E-state index contributed by atoms with van der Waals surface area (Å²) in [7, 11) is 0. The highest BCUT2D eigenvalue weighted by Crippen LogP contribution is 2.41. The summed E-state index contributed by atoms with van der Waals surface area (Å²) in [4.78, 5) is 38.3. The number of benzene rings is 1. The Morgan fingerprint density at radius 2 is 1.93 bits per heavy atom. The van der Waals surface area contributed by atoms with E-state index in [9.17, 15) is 14.4 Å². The van der Waals surface area contributed by atoms with Gasteiger partial charge in [0.05, 0.1) is 0 Å². The second kappa shape index (κ2) is 7.78. The second-order valence-corrected chi connectivity index (χ2v) is 9.43. The first kappa shape index (κ1) is 19.7. The zero-order valence-electron chi connectivity index (χ0n) is 17.3. The van der Waals surface area contributed by atoms with Gasteiger partial charge in [-0.3, -0.25) is 19.7 Å². The van der Waals surface area contributed by atoms with Crippen molar-refractivity contribution >= 4 is 17.7 Å². The molecule has 7 nitrogen and oxygen atoms in total. The van der Waals surface area contributed by atoms with E-state index in [2.05, 4.69) is 22.0 Å². The monoisotopic (exact) mass is 410 g/mol. The Labute approximate surface area is 177 Å². The number of nitrogens with zero attached hydrogens (tertiary/aromatic N) is 1. The largest absolute Gasteiger partial charge is 0.322 e. The van der Waals surface area contributed by atoms with Crippen molar-refractivity contribution in [2.24, 2.45) is 5.41 Å². The molecule has 7 heteroatoms. The van der Waals surface area contributed by atoms with Crippen molar-refractivity contribution < 1.29 is 14.4 Å². The van der Waals surface area contributed by atoms with Gasteiger partial charge in [-0.25, -0.2) is 0 Å². The van der Waals surface area contributed by atoms with E-state index in [-0.39, 0.29) is 24.1 Å². The summed E-state index contributed by atoms with van der Waals surface area (Å²) in [6.45, 7) is 3.52. The first-order valence-corrected chi connectivity index (χ1v) is 11.2. The van der Waals surface area contributed by atoms with Crippen LogP contribution in [0, 0.1) is 5.41 Å². The van der Waals surface area contributed by atoms with Gasteiger partial charge in [0.1, 0.15) is 6.04 Å². The van der Waals surface area contributed by atoms with Crippen LogP contribution in [0.5, 0.6) is 0 Å². The molecule has 0 radical (unpaired) electrons. The van der Waals surface area contributed by atoms with Crippen LogP contribution in [0.2, 0.25) is 0 Å². The second-order valence-electron chi connectivity index (χ2n) is 9.43. The third-order valence-corrected chi connectivity index (χ3v) is 7.64. The Kier molecular flexibility index (Phi) is 5.11. The maximum Gasteiger partial charge on any atom is 0.255 e. The zero-order chi connectivity index (χ0) is 20.7. The Morgan fingerprint density at radius 1 is 1.10 bits per heavy atom. The van der Waals surface area contributed by atoms with Crippen molar-refractivity contribution in [2.75, 3.05) is 13.1 Å². The van der Waals surface area contributed by atoms with Gasteiger partial charge in [-0.15, -0.1) is 0 Å². The van der Waals surface area contributed by atoms with E-state index in [0.717, 1.165) is 24.2 Å². The molecule has 3 heterocycles. The molecule has 0 aromatic heterocycles. The number of piperidine rings is 1. The molecule has 3 N–H and O–H groups in total. The molecule has 3 amide bonds. The highest BCUT2D eigenvalue weighted by molar-refractivity contribution is 6.05. The molecule has 3 aliphatic heterocycles. The Hall–Kier alpha value is -2.25. The maximum absolute atomic E-state index is 13.0. The molecule has 2 saturated heterocycles. The van der Waals surface area contributed by atoms with Gasteiger partial charge in [0.25, 0.3) is 5.91 Å². The minimum absolute atomic E-state index is 0.102. The van der Waals surface area contributed by atoms with Crippen molar-refractivity contribution in [3.63, 3.8) is 0 Å². The van der Waals surface area contributed by atoms with Crippen molar-refractivity contribution in [1.29, 1.82) is 0 Å². The third-order valence-electron chi connectivity index (χ3n) is 7.64. The van der Waals surface area contributed by atoms with Crippen LogP contribution in [0.4, 0.5) is 0 Å². The fourth-order valence-electron chi connectivity index (χ4n) is 5.73. The van der Waals surface area contributed by atoms with Gasteiger partial charge in [-0.1, -0.05) is 12.1 Å². The molecule has 1 aromatic carbocycles. The number of hydrogen-bond donors (Lipinski definition) is 3. The lowest BCUT2D eigenvalue weighted by Gasteiger charge is -2.37. The lowest BCUT2D eigenvalue weighted by Crippen LogP contribution is -2.52. The number of carbonyl (C=O) groups excluding carboxylic acids is 3. The predicted molar refractivity (Wildman–Crippen MR) is 112 cm³/mol. The van der Waals surface area contributed by atoms with Gasteiger partial charge in [0.15, 0.2) is 0 Å². The first-order valence-electron chi connectivity index (χ1n) is 11.2. The van der Waals surface area contributed by atoms with E-state index in [1.54, 1.807) is 4.90 Å². The molecule has 0 bridgehead atoms. The van der Waals surface area contributed by atoms with Gasteiger partial charge in [-0.2, -0.15) is 0 Å². The van der Waals surface area contributed by atoms with Crippen LogP contribution in [0.15, 0.2) is 18.2 Å². The lowest BCUT2D eigenvalue weighted by atomic mass is 9.72. The number of imide groups is 1. The number of nitrogens with one attached hydrogen (secondary N) is 3. The Balaban J connectivity index is 1.23. The number of fused-ring (bicyclic) bond motifs is 1. The number of hydrogen-bond acceptors (Lipinski definition) is 5. The fraction of sp³-hybridized carbons (Fsp3) is 0.609. The number of amides is 3. The molecule has 4 aliphatic rings. The van der Waals surface area contributed by atoms with Crippen molar-refractivity contribution in [3.05, 3.63) is 34.9 Å². The number of rotatable bonds is 4. The molecule has 30 heavy (non-hydrogen) atoms. The van der Waals surface area contributed by atoms with Crippen molar-refractivity contribution in [3.8, 4) is 0 Å². The molecular weight excluding hydrogens is 380 g/mol. The van der Waals surface area contributed by atoms with E-state index >= 15 is 0 Å². The minimum Gasteiger partial charge on any atom is -0.322 e. The van der Waals surface area contributed by atoms with E-state index in [1.807, 2.05) is 12.1 Å². The number of carbonyl (C=O) groups is 3. The minimum atomic E-state index is -0.557. The van der Waals surface area contributed by atoms with Crippen LogP contribution in [-0.4, -0.2) is 47.8 Å². The quantitative estimate of drug-likeness (QED) is 0.654. The normalized spacial score (nSPS) is 31.3. The molecule has 1 aromatic rings.